The van der Waals surface area contributed by atoms with Crippen molar-refractivity contribution in [1.82, 2.24) is 4.90 Å². The predicted molar refractivity (Wildman–Crippen MR) is 137 cm³/mol. The minimum absolute atomic E-state index is 0.0639. The van der Waals surface area contributed by atoms with E-state index in [1.54, 1.807) is 53.4 Å². The number of sulfone groups is 1. The molecule has 0 aliphatic heterocycles. The fraction of sp³-hybridized carbons (Fsp3) is 0.286. The van der Waals surface area contributed by atoms with E-state index in [1.165, 1.54) is 0 Å². The molecule has 0 atom stereocenters. The maximum absolute atomic E-state index is 12.9. The summed E-state index contributed by atoms with van der Waals surface area (Å²) in [5.74, 6) is 0.220. The molecule has 0 heterocycles. The number of amides is 2. The van der Waals surface area contributed by atoms with E-state index in [-0.39, 0.29) is 24.0 Å². The summed E-state index contributed by atoms with van der Waals surface area (Å²) < 4.78 is 24.8. The molecule has 0 unspecified atom stereocenters. The van der Waals surface area contributed by atoms with Gasteiger partial charge in [-0.15, -0.1) is 0 Å². The second-order valence-electron chi connectivity index (χ2n) is 8.98. The second kappa shape index (κ2) is 10.9. The number of benzene rings is 3. The van der Waals surface area contributed by atoms with Crippen molar-refractivity contribution in [1.29, 1.82) is 0 Å². The number of nitrogens with zero attached hydrogens (tertiary/aromatic N) is 1. The van der Waals surface area contributed by atoms with Crippen molar-refractivity contribution in [2.75, 3.05) is 17.6 Å². The normalized spacial score (nSPS) is 13.3. The Labute approximate surface area is 206 Å². The van der Waals surface area contributed by atoms with Crippen molar-refractivity contribution in [2.45, 2.75) is 37.6 Å². The lowest BCUT2D eigenvalue weighted by Crippen LogP contribution is -2.30. The third-order valence-corrected chi connectivity index (χ3v) is 8.00. The zero-order chi connectivity index (χ0) is 24.8. The summed E-state index contributed by atoms with van der Waals surface area (Å²) in [6.45, 7) is 3.08. The Morgan fingerprint density at radius 2 is 1.54 bits per heavy atom. The van der Waals surface area contributed by atoms with Gasteiger partial charge in [-0.1, -0.05) is 42.5 Å². The van der Waals surface area contributed by atoms with E-state index >= 15 is 0 Å². The van der Waals surface area contributed by atoms with Gasteiger partial charge in [0.05, 0.1) is 17.1 Å². The standard InChI is InChI=1S/C28H30N2O4S/c1-2-30(19-22-6-4-3-5-7-22)28(32)24-12-14-25(15-13-24)29-27(31)18-21-10-16-26(17-11-21)35(33,34)20-23-8-9-23/h3-7,10-17,23H,2,8-9,18-20H2,1H3,(H,29,31). The lowest BCUT2D eigenvalue weighted by Gasteiger charge is -2.21. The first-order valence-electron chi connectivity index (χ1n) is 11.9. The Morgan fingerprint density at radius 3 is 2.14 bits per heavy atom. The van der Waals surface area contributed by atoms with Gasteiger partial charge in [0.1, 0.15) is 0 Å². The molecule has 1 saturated carbocycles. The number of carbonyl (C=O) groups excluding carboxylic acids is 2. The molecular formula is C28H30N2O4S. The maximum atomic E-state index is 12.9. The monoisotopic (exact) mass is 490 g/mol. The molecule has 2 amide bonds. The Balaban J connectivity index is 1.32. The van der Waals surface area contributed by atoms with Crippen LogP contribution in [0.3, 0.4) is 0 Å². The summed E-state index contributed by atoms with van der Waals surface area (Å²) in [4.78, 5) is 27.5. The summed E-state index contributed by atoms with van der Waals surface area (Å²) in [6, 6.07) is 23.2. The zero-order valence-corrected chi connectivity index (χ0v) is 20.6. The van der Waals surface area contributed by atoms with Crippen LogP contribution in [0.15, 0.2) is 83.8 Å². The van der Waals surface area contributed by atoms with Gasteiger partial charge in [0.25, 0.3) is 5.91 Å². The number of hydrogen-bond donors (Lipinski definition) is 1. The van der Waals surface area contributed by atoms with Crippen LogP contribution in [0.25, 0.3) is 0 Å². The Morgan fingerprint density at radius 1 is 0.886 bits per heavy atom. The molecular weight excluding hydrogens is 460 g/mol. The number of nitrogens with one attached hydrogen (secondary N) is 1. The van der Waals surface area contributed by atoms with E-state index in [0.717, 1.165) is 24.0 Å². The highest BCUT2D eigenvalue weighted by molar-refractivity contribution is 7.91. The second-order valence-corrected chi connectivity index (χ2v) is 11.0. The van der Waals surface area contributed by atoms with Gasteiger partial charge in [-0.3, -0.25) is 9.59 Å². The van der Waals surface area contributed by atoms with Crippen molar-refractivity contribution in [3.05, 3.63) is 95.6 Å². The largest absolute Gasteiger partial charge is 0.335 e. The van der Waals surface area contributed by atoms with Gasteiger partial charge in [0.15, 0.2) is 9.84 Å². The van der Waals surface area contributed by atoms with Crippen LogP contribution < -0.4 is 5.32 Å². The van der Waals surface area contributed by atoms with Gasteiger partial charge >= 0.3 is 0 Å². The molecule has 0 spiro atoms. The molecule has 0 saturated heterocycles. The molecule has 1 aliphatic rings. The molecule has 0 aromatic heterocycles. The highest BCUT2D eigenvalue weighted by atomic mass is 32.2. The number of anilines is 1. The van der Waals surface area contributed by atoms with Gasteiger partial charge in [-0.25, -0.2) is 8.42 Å². The topological polar surface area (TPSA) is 83.6 Å². The van der Waals surface area contributed by atoms with Crippen LogP contribution in [-0.4, -0.2) is 37.4 Å². The molecule has 6 nitrogen and oxygen atoms in total. The van der Waals surface area contributed by atoms with Crippen molar-refractivity contribution in [2.24, 2.45) is 5.92 Å². The molecule has 0 radical (unpaired) electrons. The first-order chi connectivity index (χ1) is 16.8. The quantitative estimate of drug-likeness (QED) is 0.446. The molecule has 1 fully saturated rings. The van der Waals surface area contributed by atoms with Crippen LogP contribution in [0.4, 0.5) is 5.69 Å². The molecule has 4 rings (SSSR count). The van der Waals surface area contributed by atoms with E-state index in [2.05, 4.69) is 5.32 Å². The summed E-state index contributed by atoms with van der Waals surface area (Å²) in [5, 5.41) is 2.84. The van der Waals surface area contributed by atoms with Crippen LogP contribution >= 0.6 is 0 Å². The van der Waals surface area contributed by atoms with E-state index in [0.29, 0.717) is 35.2 Å². The van der Waals surface area contributed by atoms with Crippen molar-refractivity contribution < 1.29 is 18.0 Å². The minimum Gasteiger partial charge on any atom is -0.335 e. The third-order valence-electron chi connectivity index (χ3n) is 6.10. The molecule has 182 valence electrons. The molecule has 7 heteroatoms. The Bertz CT molecular complexity index is 1270. The summed E-state index contributed by atoms with van der Waals surface area (Å²) in [5.41, 5.74) is 2.96. The van der Waals surface area contributed by atoms with E-state index in [9.17, 15) is 18.0 Å². The summed E-state index contributed by atoms with van der Waals surface area (Å²) >= 11 is 0. The molecule has 3 aromatic carbocycles. The summed E-state index contributed by atoms with van der Waals surface area (Å²) in [6.07, 6.45) is 2.10. The van der Waals surface area contributed by atoms with Crippen LogP contribution in [0.5, 0.6) is 0 Å². The third kappa shape index (κ3) is 6.79. The highest BCUT2D eigenvalue weighted by Crippen LogP contribution is 2.32. The lowest BCUT2D eigenvalue weighted by molar-refractivity contribution is -0.115. The van der Waals surface area contributed by atoms with E-state index < -0.39 is 9.84 Å². The van der Waals surface area contributed by atoms with Gasteiger partial charge in [0, 0.05) is 24.3 Å². The van der Waals surface area contributed by atoms with Crippen molar-refractivity contribution >= 4 is 27.3 Å². The van der Waals surface area contributed by atoms with Crippen LogP contribution in [0, 0.1) is 5.92 Å². The van der Waals surface area contributed by atoms with Gasteiger partial charge < -0.3 is 10.2 Å². The van der Waals surface area contributed by atoms with Crippen molar-refractivity contribution in [3.8, 4) is 0 Å². The first-order valence-corrected chi connectivity index (χ1v) is 13.5. The van der Waals surface area contributed by atoms with E-state index in [4.69, 9.17) is 0 Å². The van der Waals surface area contributed by atoms with Crippen LogP contribution in [0.1, 0.15) is 41.3 Å². The minimum atomic E-state index is -3.26. The number of rotatable bonds is 10. The van der Waals surface area contributed by atoms with E-state index in [1.807, 2.05) is 37.3 Å². The average molecular weight is 491 g/mol. The number of hydrogen-bond acceptors (Lipinski definition) is 4. The fourth-order valence-electron chi connectivity index (χ4n) is 3.91. The Hall–Kier alpha value is -3.45. The maximum Gasteiger partial charge on any atom is 0.254 e. The average Bonchev–Trinajstić information content (AvgIpc) is 3.67. The molecule has 1 N–H and O–H groups in total. The smallest absolute Gasteiger partial charge is 0.254 e. The van der Waals surface area contributed by atoms with Gasteiger partial charge in [0.2, 0.25) is 5.91 Å². The molecule has 1 aliphatic carbocycles. The zero-order valence-electron chi connectivity index (χ0n) is 19.8. The SMILES string of the molecule is CCN(Cc1ccccc1)C(=O)c1ccc(NC(=O)Cc2ccc(S(=O)(=O)CC3CC3)cc2)cc1. The fourth-order valence-corrected chi connectivity index (χ4v) is 5.60. The summed E-state index contributed by atoms with van der Waals surface area (Å²) in [7, 11) is -3.26. The van der Waals surface area contributed by atoms with Crippen LogP contribution in [-0.2, 0) is 27.6 Å². The highest BCUT2D eigenvalue weighted by Gasteiger charge is 2.29. The van der Waals surface area contributed by atoms with Gasteiger partial charge in [-0.05, 0) is 73.2 Å². The van der Waals surface area contributed by atoms with Crippen molar-refractivity contribution in [3.63, 3.8) is 0 Å². The first kappa shape index (κ1) is 24.7. The lowest BCUT2D eigenvalue weighted by atomic mass is 10.1. The predicted octanol–water partition coefficient (Wildman–Crippen LogP) is 4.71. The van der Waals surface area contributed by atoms with Gasteiger partial charge in [-0.2, -0.15) is 0 Å². The van der Waals surface area contributed by atoms with Crippen LogP contribution in [0.2, 0.25) is 0 Å². The number of carbonyl (C=O) groups is 2. The molecule has 0 bridgehead atoms. The molecule has 35 heavy (non-hydrogen) atoms. The molecule has 3 aromatic rings. The Kier molecular flexibility index (Phi) is 7.66.